The number of hydrogen-bond acceptors (Lipinski definition) is 3. The molecule has 0 aliphatic carbocycles. The van der Waals surface area contributed by atoms with Crippen LogP contribution in [0.1, 0.15) is 34.8 Å². The summed E-state index contributed by atoms with van der Waals surface area (Å²) in [5, 5.41) is 14.0. The van der Waals surface area contributed by atoms with Gasteiger partial charge >= 0.3 is 5.97 Å². The molecule has 0 fully saturated rings. The van der Waals surface area contributed by atoms with Gasteiger partial charge in [0, 0.05) is 17.7 Å². The predicted molar refractivity (Wildman–Crippen MR) is 99.1 cm³/mol. The predicted octanol–water partition coefficient (Wildman–Crippen LogP) is 2.77. The van der Waals surface area contributed by atoms with Crippen LogP contribution in [0.2, 0.25) is 0 Å². The summed E-state index contributed by atoms with van der Waals surface area (Å²) >= 11 is 0. The van der Waals surface area contributed by atoms with Gasteiger partial charge in [0.1, 0.15) is 6.04 Å². The van der Waals surface area contributed by atoms with Crippen LogP contribution < -0.4 is 10.6 Å². The molecule has 0 aliphatic rings. The highest BCUT2D eigenvalue weighted by Crippen LogP contribution is 2.11. The maximum absolute atomic E-state index is 12.0. The molecular formula is C20H22N2O4. The van der Waals surface area contributed by atoms with Crippen molar-refractivity contribution >= 4 is 23.5 Å². The second kappa shape index (κ2) is 8.80. The van der Waals surface area contributed by atoms with E-state index in [1.165, 1.54) is 12.5 Å². The molecule has 2 aromatic carbocycles. The van der Waals surface area contributed by atoms with Gasteiger partial charge in [0.05, 0.1) is 0 Å². The Balaban J connectivity index is 1.86. The third-order valence-corrected chi connectivity index (χ3v) is 3.91. The van der Waals surface area contributed by atoms with E-state index < -0.39 is 17.9 Å². The van der Waals surface area contributed by atoms with Gasteiger partial charge in [-0.05, 0) is 50.1 Å². The standard InChI is InChI=1S/C20H22N2O4/c1-13-3-5-15(6-4-13)7-12-18(23)22-17-10-8-16(9-11-17)19(24)21-14(2)20(25)26/h3-6,8-11,14H,7,12H2,1-2H3,(H,21,24)(H,22,23)(H,25,26). The van der Waals surface area contributed by atoms with E-state index in [0.29, 0.717) is 24.1 Å². The molecule has 0 saturated carbocycles. The van der Waals surface area contributed by atoms with Crippen molar-refractivity contribution in [3.8, 4) is 0 Å². The molecular weight excluding hydrogens is 332 g/mol. The van der Waals surface area contributed by atoms with E-state index in [1.54, 1.807) is 24.3 Å². The SMILES string of the molecule is Cc1ccc(CCC(=O)Nc2ccc(C(=O)NC(C)C(=O)O)cc2)cc1. The summed E-state index contributed by atoms with van der Waals surface area (Å²) in [4.78, 5) is 34.7. The summed E-state index contributed by atoms with van der Waals surface area (Å²) in [6.45, 7) is 3.41. The number of aryl methyl sites for hydroxylation is 2. The minimum absolute atomic E-state index is 0.109. The molecule has 6 heteroatoms. The molecule has 26 heavy (non-hydrogen) atoms. The highest BCUT2D eigenvalue weighted by atomic mass is 16.4. The summed E-state index contributed by atoms with van der Waals surface area (Å²) in [5.41, 5.74) is 3.20. The van der Waals surface area contributed by atoms with Crippen LogP contribution in [0.3, 0.4) is 0 Å². The molecule has 2 rings (SSSR count). The molecule has 0 bridgehead atoms. The Kier molecular flexibility index (Phi) is 6.49. The lowest BCUT2D eigenvalue weighted by molar-refractivity contribution is -0.138. The Morgan fingerprint density at radius 3 is 2.19 bits per heavy atom. The van der Waals surface area contributed by atoms with Crippen LogP contribution in [0.15, 0.2) is 48.5 Å². The fraction of sp³-hybridized carbons (Fsp3) is 0.250. The van der Waals surface area contributed by atoms with Gasteiger partial charge in [-0.2, -0.15) is 0 Å². The second-order valence-corrected chi connectivity index (χ2v) is 6.14. The molecule has 0 radical (unpaired) electrons. The van der Waals surface area contributed by atoms with Crippen LogP contribution in [-0.4, -0.2) is 28.9 Å². The highest BCUT2D eigenvalue weighted by Gasteiger charge is 2.15. The lowest BCUT2D eigenvalue weighted by atomic mass is 10.1. The van der Waals surface area contributed by atoms with Crippen molar-refractivity contribution in [2.75, 3.05) is 5.32 Å². The first kappa shape index (κ1) is 19.2. The Hall–Kier alpha value is -3.15. The van der Waals surface area contributed by atoms with Crippen molar-refractivity contribution < 1.29 is 19.5 Å². The number of nitrogens with one attached hydrogen (secondary N) is 2. The van der Waals surface area contributed by atoms with Crippen LogP contribution in [0, 0.1) is 6.92 Å². The number of aliphatic carboxylic acids is 1. The van der Waals surface area contributed by atoms with Crippen LogP contribution in [0.5, 0.6) is 0 Å². The number of hydrogen-bond donors (Lipinski definition) is 3. The second-order valence-electron chi connectivity index (χ2n) is 6.14. The van der Waals surface area contributed by atoms with Gasteiger partial charge in [-0.15, -0.1) is 0 Å². The van der Waals surface area contributed by atoms with E-state index in [9.17, 15) is 14.4 Å². The fourth-order valence-corrected chi connectivity index (χ4v) is 2.28. The van der Waals surface area contributed by atoms with Gasteiger partial charge in [-0.1, -0.05) is 29.8 Å². The molecule has 136 valence electrons. The van der Waals surface area contributed by atoms with E-state index >= 15 is 0 Å². The number of amides is 2. The maximum atomic E-state index is 12.0. The van der Waals surface area contributed by atoms with Crippen LogP contribution in [0.25, 0.3) is 0 Å². The molecule has 0 spiro atoms. The summed E-state index contributed by atoms with van der Waals surface area (Å²) < 4.78 is 0. The molecule has 0 heterocycles. The highest BCUT2D eigenvalue weighted by molar-refractivity contribution is 5.97. The van der Waals surface area contributed by atoms with Gasteiger partial charge in [0.15, 0.2) is 0 Å². The molecule has 2 aromatic rings. The molecule has 1 atom stereocenters. The van der Waals surface area contributed by atoms with Gasteiger partial charge < -0.3 is 15.7 Å². The van der Waals surface area contributed by atoms with Crippen molar-refractivity contribution in [2.45, 2.75) is 32.7 Å². The summed E-state index contributed by atoms with van der Waals surface area (Å²) in [7, 11) is 0. The van der Waals surface area contributed by atoms with Gasteiger partial charge in [-0.25, -0.2) is 0 Å². The summed E-state index contributed by atoms with van der Waals surface area (Å²) in [6.07, 6.45) is 1.01. The van der Waals surface area contributed by atoms with Crippen molar-refractivity contribution in [3.05, 3.63) is 65.2 Å². The van der Waals surface area contributed by atoms with Gasteiger partial charge in [0.2, 0.25) is 5.91 Å². The van der Waals surface area contributed by atoms with Crippen molar-refractivity contribution in [3.63, 3.8) is 0 Å². The third kappa shape index (κ3) is 5.73. The Labute approximate surface area is 152 Å². The number of benzene rings is 2. The van der Waals surface area contributed by atoms with Crippen molar-refractivity contribution in [2.24, 2.45) is 0 Å². The quantitative estimate of drug-likeness (QED) is 0.712. The number of carbonyl (C=O) groups excluding carboxylic acids is 2. The average molecular weight is 354 g/mol. The first-order chi connectivity index (χ1) is 12.3. The zero-order valence-corrected chi connectivity index (χ0v) is 14.8. The van der Waals surface area contributed by atoms with E-state index in [4.69, 9.17) is 5.11 Å². The number of carboxylic acids is 1. The largest absolute Gasteiger partial charge is 0.480 e. The van der Waals surface area contributed by atoms with E-state index in [1.807, 2.05) is 31.2 Å². The minimum atomic E-state index is -1.10. The van der Waals surface area contributed by atoms with Crippen LogP contribution in [0.4, 0.5) is 5.69 Å². The number of carbonyl (C=O) groups is 3. The zero-order chi connectivity index (χ0) is 19.1. The van der Waals surface area contributed by atoms with Crippen molar-refractivity contribution in [1.29, 1.82) is 0 Å². The monoisotopic (exact) mass is 354 g/mol. The van der Waals surface area contributed by atoms with E-state index in [-0.39, 0.29) is 5.91 Å². The smallest absolute Gasteiger partial charge is 0.325 e. The number of carboxylic acid groups (broad SMARTS) is 1. The molecule has 6 nitrogen and oxygen atoms in total. The maximum Gasteiger partial charge on any atom is 0.325 e. The first-order valence-corrected chi connectivity index (χ1v) is 8.34. The molecule has 1 unspecified atom stereocenters. The Morgan fingerprint density at radius 1 is 1.00 bits per heavy atom. The van der Waals surface area contributed by atoms with Crippen LogP contribution in [-0.2, 0) is 16.0 Å². The first-order valence-electron chi connectivity index (χ1n) is 8.34. The molecule has 0 aromatic heterocycles. The normalized spacial score (nSPS) is 11.5. The van der Waals surface area contributed by atoms with E-state index in [0.717, 1.165) is 5.56 Å². The number of anilines is 1. The third-order valence-electron chi connectivity index (χ3n) is 3.91. The fourth-order valence-electron chi connectivity index (χ4n) is 2.28. The average Bonchev–Trinajstić information content (AvgIpc) is 2.61. The lowest BCUT2D eigenvalue weighted by Gasteiger charge is -2.10. The molecule has 0 aliphatic heterocycles. The summed E-state index contributed by atoms with van der Waals surface area (Å²) in [6, 6.07) is 13.4. The molecule has 2 amide bonds. The van der Waals surface area contributed by atoms with Crippen molar-refractivity contribution in [1.82, 2.24) is 5.32 Å². The topological polar surface area (TPSA) is 95.5 Å². The molecule has 3 N–H and O–H groups in total. The Bertz CT molecular complexity index is 782. The number of rotatable bonds is 7. The minimum Gasteiger partial charge on any atom is -0.480 e. The lowest BCUT2D eigenvalue weighted by Crippen LogP contribution is -2.38. The zero-order valence-electron chi connectivity index (χ0n) is 14.8. The van der Waals surface area contributed by atoms with Crippen LogP contribution >= 0.6 is 0 Å². The van der Waals surface area contributed by atoms with Gasteiger partial charge in [-0.3, -0.25) is 14.4 Å². The Morgan fingerprint density at radius 2 is 1.62 bits per heavy atom. The van der Waals surface area contributed by atoms with E-state index in [2.05, 4.69) is 10.6 Å². The summed E-state index contributed by atoms with van der Waals surface area (Å²) in [5.74, 6) is -1.68. The molecule has 0 saturated heterocycles. The van der Waals surface area contributed by atoms with Gasteiger partial charge in [0.25, 0.3) is 5.91 Å².